The monoisotopic (exact) mass is 285 g/mol. The first kappa shape index (κ1) is 16.5. The van der Waals surface area contributed by atoms with Gasteiger partial charge in [-0.25, -0.2) is 4.39 Å². The zero-order valence-corrected chi connectivity index (χ0v) is 12.8. The van der Waals surface area contributed by atoms with E-state index in [2.05, 4.69) is 24.8 Å². The van der Waals surface area contributed by atoms with Crippen molar-refractivity contribution in [2.45, 2.75) is 52.0 Å². The van der Waals surface area contributed by atoms with Crippen molar-refractivity contribution in [3.63, 3.8) is 0 Å². The van der Waals surface area contributed by atoms with E-state index in [1.807, 2.05) is 6.07 Å². The molecule has 0 fully saturated rings. The van der Waals surface area contributed by atoms with Gasteiger partial charge >= 0.3 is 0 Å². The minimum atomic E-state index is -0.0107. The molecule has 0 N–H and O–H groups in total. The predicted octanol–water partition coefficient (Wildman–Crippen LogP) is 4.23. The van der Waals surface area contributed by atoms with Crippen molar-refractivity contribution in [3.8, 4) is 0 Å². The summed E-state index contributed by atoms with van der Waals surface area (Å²) in [6.07, 6.45) is 5.43. The van der Waals surface area contributed by atoms with Crippen molar-refractivity contribution < 1.29 is 4.39 Å². The Hall–Kier alpha value is -0.600. The number of halogens is 2. The molecule has 108 valence electrons. The van der Waals surface area contributed by atoms with Crippen molar-refractivity contribution in [3.05, 3.63) is 35.1 Å². The van der Waals surface area contributed by atoms with Crippen molar-refractivity contribution in [2.24, 2.45) is 0 Å². The van der Waals surface area contributed by atoms with Crippen LogP contribution in [0.2, 0.25) is 0 Å². The summed E-state index contributed by atoms with van der Waals surface area (Å²) < 4.78 is 13.7. The van der Waals surface area contributed by atoms with E-state index in [0.29, 0.717) is 6.04 Å². The van der Waals surface area contributed by atoms with Gasteiger partial charge in [0.2, 0.25) is 0 Å². The molecule has 0 aliphatic heterocycles. The average molecular weight is 286 g/mol. The maximum Gasteiger partial charge on any atom is 0.126 e. The largest absolute Gasteiger partial charge is 0.300 e. The van der Waals surface area contributed by atoms with Crippen LogP contribution in [-0.2, 0) is 12.8 Å². The van der Waals surface area contributed by atoms with Gasteiger partial charge in [0.1, 0.15) is 5.82 Å². The van der Waals surface area contributed by atoms with Gasteiger partial charge in [-0.15, -0.1) is 12.4 Å². The lowest BCUT2D eigenvalue weighted by Gasteiger charge is -2.35. The average Bonchev–Trinajstić information content (AvgIpc) is 2.38. The fraction of sp³-hybridized carbons (Fsp3) is 0.625. The summed E-state index contributed by atoms with van der Waals surface area (Å²) in [4.78, 5) is 2.59. The molecule has 0 saturated carbocycles. The second-order valence-corrected chi connectivity index (χ2v) is 5.31. The van der Waals surface area contributed by atoms with Gasteiger partial charge in [0.25, 0.3) is 0 Å². The number of rotatable bonds is 5. The van der Waals surface area contributed by atoms with Crippen LogP contribution in [0.3, 0.4) is 0 Å². The highest BCUT2D eigenvalue weighted by Gasteiger charge is 2.24. The van der Waals surface area contributed by atoms with Crippen molar-refractivity contribution in [1.29, 1.82) is 0 Å². The molecule has 1 atom stereocenters. The highest BCUT2D eigenvalue weighted by Crippen LogP contribution is 2.26. The van der Waals surface area contributed by atoms with E-state index in [1.165, 1.54) is 31.5 Å². The first-order chi connectivity index (χ1) is 8.76. The molecule has 0 aromatic heterocycles. The topological polar surface area (TPSA) is 3.24 Å². The minimum Gasteiger partial charge on any atom is -0.300 e. The van der Waals surface area contributed by atoms with Crippen LogP contribution in [0, 0.1) is 5.82 Å². The summed E-state index contributed by atoms with van der Waals surface area (Å²) >= 11 is 0. The standard InChI is InChI=1S/C16H24FN.ClH/c1-3-10-18(11-4-2)14-8-9-15-13(12-14)6-5-7-16(15)17;/h5-7,14H,3-4,8-12H2,1-2H3;1H/t14-;/m0./s1. The molecule has 0 radical (unpaired) electrons. The van der Waals surface area contributed by atoms with E-state index < -0.39 is 0 Å². The van der Waals surface area contributed by atoms with E-state index in [4.69, 9.17) is 0 Å². The Bertz CT molecular complexity index is 388. The Kier molecular flexibility index (Phi) is 6.81. The minimum absolute atomic E-state index is 0. The molecule has 1 aliphatic rings. The van der Waals surface area contributed by atoms with Gasteiger partial charge in [-0.05, 0) is 62.4 Å². The summed E-state index contributed by atoms with van der Waals surface area (Å²) in [5, 5.41) is 0. The van der Waals surface area contributed by atoms with Crippen LogP contribution in [0.1, 0.15) is 44.2 Å². The normalized spacial score (nSPS) is 18.0. The van der Waals surface area contributed by atoms with Crippen LogP contribution >= 0.6 is 12.4 Å². The van der Waals surface area contributed by atoms with Gasteiger partial charge in [0.15, 0.2) is 0 Å². The van der Waals surface area contributed by atoms with Crippen LogP contribution in [-0.4, -0.2) is 24.0 Å². The maximum absolute atomic E-state index is 13.7. The first-order valence-electron chi connectivity index (χ1n) is 7.26. The van der Waals surface area contributed by atoms with Crippen LogP contribution in [0.4, 0.5) is 4.39 Å². The van der Waals surface area contributed by atoms with Gasteiger partial charge in [-0.2, -0.15) is 0 Å². The number of benzene rings is 1. The zero-order chi connectivity index (χ0) is 13.0. The second-order valence-electron chi connectivity index (χ2n) is 5.31. The molecule has 3 heteroatoms. The van der Waals surface area contributed by atoms with E-state index in [9.17, 15) is 4.39 Å². The van der Waals surface area contributed by atoms with Crippen molar-refractivity contribution in [2.75, 3.05) is 13.1 Å². The van der Waals surface area contributed by atoms with Crippen molar-refractivity contribution in [1.82, 2.24) is 4.90 Å². The highest BCUT2D eigenvalue weighted by atomic mass is 35.5. The van der Waals surface area contributed by atoms with Gasteiger partial charge < -0.3 is 4.90 Å². The van der Waals surface area contributed by atoms with Crippen molar-refractivity contribution >= 4 is 12.4 Å². The third-order valence-corrected chi connectivity index (χ3v) is 3.94. The predicted molar refractivity (Wildman–Crippen MR) is 81.6 cm³/mol. The lowest BCUT2D eigenvalue weighted by molar-refractivity contribution is 0.179. The molecule has 2 rings (SSSR count). The third-order valence-electron chi connectivity index (χ3n) is 3.94. The summed E-state index contributed by atoms with van der Waals surface area (Å²) in [6.45, 7) is 6.81. The quantitative estimate of drug-likeness (QED) is 0.783. The second kappa shape index (κ2) is 7.86. The van der Waals surface area contributed by atoms with Crippen LogP contribution < -0.4 is 0 Å². The number of hydrogen-bond acceptors (Lipinski definition) is 1. The van der Waals surface area contributed by atoms with Crippen LogP contribution in [0.15, 0.2) is 18.2 Å². The molecule has 1 aromatic rings. The molecule has 0 heterocycles. The molecule has 0 bridgehead atoms. The van der Waals surface area contributed by atoms with Crippen LogP contribution in [0.5, 0.6) is 0 Å². The van der Waals surface area contributed by atoms with E-state index in [0.717, 1.165) is 24.8 Å². The molecule has 1 aromatic carbocycles. The van der Waals surface area contributed by atoms with E-state index in [-0.39, 0.29) is 18.2 Å². The maximum atomic E-state index is 13.7. The van der Waals surface area contributed by atoms with E-state index >= 15 is 0 Å². The lowest BCUT2D eigenvalue weighted by Crippen LogP contribution is -2.40. The molecular formula is C16H25ClFN. The third kappa shape index (κ3) is 3.93. The Morgan fingerprint density at radius 1 is 1.21 bits per heavy atom. The van der Waals surface area contributed by atoms with Gasteiger partial charge in [0.05, 0.1) is 0 Å². The van der Waals surface area contributed by atoms with Crippen LogP contribution in [0.25, 0.3) is 0 Å². The molecule has 0 saturated heterocycles. The summed E-state index contributed by atoms with van der Waals surface area (Å²) in [6, 6.07) is 6.15. The molecular weight excluding hydrogens is 261 g/mol. The van der Waals surface area contributed by atoms with Gasteiger partial charge in [-0.1, -0.05) is 26.0 Å². The fourth-order valence-corrected chi connectivity index (χ4v) is 3.10. The van der Waals surface area contributed by atoms with E-state index in [1.54, 1.807) is 6.07 Å². The Labute approximate surface area is 122 Å². The molecule has 1 aliphatic carbocycles. The fourth-order valence-electron chi connectivity index (χ4n) is 3.10. The number of hydrogen-bond donors (Lipinski definition) is 0. The summed E-state index contributed by atoms with van der Waals surface area (Å²) in [5.74, 6) is -0.0107. The summed E-state index contributed by atoms with van der Waals surface area (Å²) in [7, 11) is 0. The molecule has 0 unspecified atom stereocenters. The van der Waals surface area contributed by atoms with Gasteiger partial charge in [-0.3, -0.25) is 0 Å². The number of nitrogens with zero attached hydrogens (tertiary/aromatic N) is 1. The first-order valence-corrected chi connectivity index (χ1v) is 7.26. The Morgan fingerprint density at radius 2 is 1.89 bits per heavy atom. The van der Waals surface area contributed by atoms with Gasteiger partial charge in [0, 0.05) is 6.04 Å². The highest BCUT2D eigenvalue weighted by molar-refractivity contribution is 5.85. The smallest absolute Gasteiger partial charge is 0.126 e. The molecule has 1 nitrogen and oxygen atoms in total. The zero-order valence-electron chi connectivity index (χ0n) is 12.0. The lowest BCUT2D eigenvalue weighted by atomic mass is 9.87. The Balaban J connectivity index is 0.00000180. The molecule has 0 spiro atoms. The molecule has 19 heavy (non-hydrogen) atoms. The SMILES string of the molecule is CCCN(CCC)[C@H]1CCc2c(F)cccc2C1.Cl. The summed E-state index contributed by atoms with van der Waals surface area (Å²) in [5.41, 5.74) is 2.19. The number of fused-ring (bicyclic) bond motifs is 1. The molecule has 0 amide bonds. The Morgan fingerprint density at radius 3 is 2.53 bits per heavy atom.